The van der Waals surface area contributed by atoms with E-state index in [0.717, 1.165) is 15.4 Å². The van der Waals surface area contributed by atoms with Gasteiger partial charge >= 0.3 is 0 Å². The number of fused-ring (bicyclic) bond motifs is 1. The number of carbonyl (C=O) groups excluding carboxylic acids is 5. The molecule has 0 spiro atoms. The molecule has 5 amide bonds. The zero-order valence-electron chi connectivity index (χ0n) is 21.7. The third-order valence-corrected chi connectivity index (χ3v) is 6.54. The maximum Gasteiger partial charge on any atom is 0.262 e. The molecule has 1 aliphatic heterocycles. The highest BCUT2D eigenvalue weighted by molar-refractivity contribution is 6.21. The smallest absolute Gasteiger partial charge is 0.262 e. The number of rotatable bonds is 10. The fourth-order valence-corrected chi connectivity index (χ4v) is 4.72. The predicted octanol–water partition coefficient (Wildman–Crippen LogP) is 2.29. The van der Waals surface area contributed by atoms with Crippen molar-refractivity contribution in [3.8, 4) is 0 Å². The molecule has 3 rings (SSSR count). The van der Waals surface area contributed by atoms with E-state index >= 15 is 0 Å². The van der Waals surface area contributed by atoms with E-state index in [1.54, 1.807) is 45.0 Å². The minimum atomic E-state index is -1.25. The average molecular weight is 507 g/mol. The number of amides is 5. The summed E-state index contributed by atoms with van der Waals surface area (Å²) in [5.74, 6) is -2.65. The summed E-state index contributed by atoms with van der Waals surface area (Å²) in [7, 11) is 1.44. The molecule has 3 N–H and O–H groups in total. The second kappa shape index (κ2) is 11.5. The zero-order chi connectivity index (χ0) is 27.3. The normalized spacial score (nSPS) is 14.7. The highest BCUT2D eigenvalue weighted by Crippen LogP contribution is 2.32. The maximum atomic E-state index is 13.7. The van der Waals surface area contributed by atoms with E-state index in [9.17, 15) is 24.0 Å². The van der Waals surface area contributed by atoms with E-state index in [1.165, 1.54) is 7.05 Å². The van der Waals surface area contributed by atoms with Crippen LogP contribution in [0.15, 0.2) is 54.6 Å². The van der Waals surface area contributed by atoms with Crippen LogP contribution in [0.5, 0.6) is 0 Å². The molecule has 196 valence electrons. The van der Waals surface area contributed by atoms with E-state index in [0.29, 0.717) is 17.5 Å². The third-order valence-electron chi connectivity index (χ3n) is 6.54. The van der Waals surface area contributed by atoms with Gasteiger partial charge in [-0.05, 0) is 44.4 Å². The molecule has 0 bridgehead atoms. The summed E-state index contributed by atoms with van der Waals surface area (Å²) in [4.78, 5) is 67.9. The maximum absolute atomic E-state index is 13.7. The number of hydrogen-bond donors (Lipinski definition) is 2. The van der Waals surface area contributed by atoms with Crippen LogP contribution in [-0.4, -0.2) is 64.0 Å². The van der Waals surface area contributed by atoms with Crippen molar-refractivity contribution in [3.05, 3.63) is 71.3 Å². The minimum absolute atomic E-state index is 0.0581. The van der Waals surface area contributed by atoms with Gasteiger partial charge in [0.2, 0.25) is 17.7 Å². The summed E-state index contributed by atoms with van der Waals surface area (Å²) >= 11 is 0. The molecule has 2 aromatic carbocycles. The predicted molar refractivity (Wildman–Crippen MR) is 138 cm³/mol. The molecular weight excluding hydrogens is 472 g/mol. The largest absolute Gasteiger partial charge is 0.357 e. The van der Waals surface area contributed by atoms with E-state index in [1.807, 2.05) is 30.3 Å². The van der Waals surface area contributed by atoms with Gasteiger partial charge in [0.1, 0.15) is 6.04 Å². The van der Waals surface area contributed by atoms with Crippen molar-refractivity contribution in [1.82, 2.24) is 15.1 Å². The number of benzene rings is 2. The number of nitrogens with zero attached hydrogens (tertiary/aromatic N) is 2. The van der Waals surface area contributed by atoms with Gasteiger partial charge in [-0.15, -0.1) is 0 Å². The fraction of sp³-hybridized carbons (Fsp3) is 0.393. The molecule has 0 aromatic heterocycles. The van der Waals surface area contributed by atoms with E-state index in [-0.39, 0.29) is 19.3 Å². The van der Waals surface area contributed by atoms with Crippen LogP contribution in [0.3, 0.4) is 0 Å². The van der Waals surface area contributed by atoms with Gasteiger partial charge in [-0.1, -0.05) is 49.4 Å². The molecule has 0 unspecified atom stereocenters. The van der Waals surface area contributed by atoms with Gasteiger partial charge in [0.05, 0.1) is 17.2 Å². The Morgan fingerprint density at radius 1 is 0.973 bits per heavy atom. The Balaban J connectivity index is 1.89. The summed E-state index contributed by atoms with van der Waals surface area (Å²) in [6.45, 7) is 5.11. The Morgan fingerprint density at radius 2 is 1.51 bits per heavy atom. The molecule has 9 heteroatoms. The number of hydrogen-bond acceptors (Lipinski definition) is 6. The molecule has 0 fully saturated rings. The number of likely N-dealkylation sites (N-methyl/N-ethyl adjacent to an activating group) is 1. The van der Waals surface area contributed by atoms with Crippen molar-refractivity contribution >= 4 is 29.5 Å². The minimum Gasteiger partial charge on any atom is -0.357 e. The third kappa shape index (κ3) is 5.77. The first-order valence-electron chi connectivity index (χ1n) is 12.4. The number of carbonyl (C=O) groups is 5. The van der Waals surface area contributed by atoms with Crippen LogP contribution < -0.4 is 11.1 Å². The molecule has 0 saturated carbocycles. The summed E-state index contributed by atoms with van der Waals surface area (Å²) in [6.07, 6.45) is 0.558. The van der Waals surface area contributed by atoms with E-state index in [4.69, 9.17) is 5.73 Å². The molecule has 9 nitrogen and oxygen atoms in total. The van der Waals surface area contributed by atoms with Gasteiger partial charge in [0, 0.05) is 25.4 Å². The molecule has 1 aliphatic rings. The van der Waals surface area contributed by atoms with Gasteiger partial charge in [0.25, 0.3) is 11.8 Å². The second-order valence-electron chi connectivity index (χ2n) is 9.79. The zero-order valence-corrected chi connectivity index (χ0v) is 21.7. The topological polar surface area (TPSA) is 130 Å². The van der Waals surface area contributed by atoms with E-state index < -0.39 is 47.2 Å². The first-order valence-corrected chi connectivity index (χ1v) is 12.4. The van der Waals surface area contributed by atoms with Crippen LogP contribution in [0, 0.1) is 0 Å². The molecule has 0 aliphatic carbocycles. The molecule has 1 heterocycles. The summed E-state index contributed by atoms with van der Waals surface area (Å²) in [5.41, 5.74) is 6.58. The lowest BCUT2D eigenvalue weighted by Crippen LogP contribution is -2.59. The molecule has 2 aromatic rings. The average Bonchev–Trinajstić information content (AvgIpc) is 3.14. The molecular formula is C28H34N4O5. The lowest BCUT2D eigenvalue weighted by molar-refractivity contribution is -0.153. The quantitative estimate of drug-likeness (QED) is 0.476. The van der Waals surface area contributed by atoms with Crippen LogP contribution in [-0.2, 0) is 20.8 Å². The first kappa shape index (κ1) is 27.7. The van der Waals surface area contributed by atoms with Crippen molar-refractivity contribution in [1.29, 1.82) is 0 Å². The van der Waals surface area contributed by atoms with Gasteiger partial charge < -0.3 is 11.1 Å². The van der Waals surface area contributed by atoms with Gasteiger partial charge in [0.15, 0.2) is 0 Å². The van der Waals surface area contributed by atoms with Crippen LogP contribution in [0.2, 0.25) is 0 Å². The van der Waals surface area contributed by atoms with Crippen molar-refractivity contribution in [2.24, 2.45) is 5.73 Å². The van der Waals surface area contributed by atoms with Crippen molar-refractivity contribution in [3.63, 3.8) is 0 Å². The monoisotopic (exact) mass is 506 g/mol. The molecule has 37 heavy (non-hydrogen) atoms. The van der Waals surface area contributed by atoms with Gasteiger partial charge in [-0.3, -0.25) is 33.8 Å². The van der Waals surface area contributed by atoms with Gasteiger partial charge in [-0.2, -0.15) is 0 Å². The van der Waals surface area contributed by atoms with Crippen LogP contribution in [0.4, 0.5) is 0 Å². The summed E-state index contributed by atoms with van der Waals surface area (Å²) in [6, 6.07) is 13.3. The van der Waals surface area contributed by atoms with Crippen molar-refractivity contribution in [2.75, 3.05) is 7.05 Å². The lowest BCUT2D eigenvalue weighted by atomic mass is 9.92. The Bertz CT molecular complexity index is 1160. The van der Waals surface area contributed by atoms with Crippen LogP contribution >= 0.6 is 0 Å². The van der Waals surface area contributed by atoms with Crippen molar-refractivity contribution < 1.29 is 24.0 Å². The lowest BCUT2D eigenvalue weighted by Gasteiger charge is -2.37. The Morgan fingerprint density at radius 3 is 2.03 bits per heavy atom. The number of nitrogens with one attached hydrogen (secondary N) is 1. The standard InChI is InChI=1S/C28H34N4O5/c1-5-11-23(33)31(22(24(34)30-4)16-18-12-7-6-8-13-18)27(37)21(29)17-28(2,3)32-25(35)19-14-9-10-15-20(19)26(32)36/h6-10,12-15,21-22H,5,11,16-17,29H2,1-4H3,(H,30,34)/t21-,22-/m0/s1. The SMILES string of the molecule is CCCC(=O)N(C(=O)[C@@H](N)CC(C)(C)N1C(=O)c2ccccc2C1=O)[C@@H](Cc1ccccc1)C(=O)NC. The first-order chi connectivity index (χ1) is 17.5. The fourth-order valence-electron chi connectivity index (χ4n) is 4.72. The summed E-state index contributed by atoms with van der Waals surface area (Å²) in [5, 5.41) is 2.55. The van der Waals surface area contributed by atoms with Gasteiger partial charge in [-0.25, -0.2) is 0 Å². The van der Waals surface area contributed by atoms with Crippen LogP contribution in [0.25, 0.3) is 0 Å². The summed E-state index contributed by atoms with van der Waals surface area (Å²) < 4.78 is 0. The van der Waals surface area contributed by atoms with Crippen LogP contribution in [0.1, 0.15) is 66.3 Å². The molecule has 0 radical (unpaired) electrons. The Hall–Kier alpha value is -3.85. The second-order valence-corrected chi connectivity index (χ2v) is 9.79. The molecule has 2 atom stereocenters. The number of imide groups is 2. The molecule has 0 saturated heterocycles. The Kier molecular flexibility index (Phi) is 8.60. The highest BCUT2D eigenvalue weighted by Gasteiger charge is 2.46. The Labute approximate surface area is 217 Å². The highest BCUT2D eigenvalue weighted by atomic mass is 16.2. The number of nitrogens with two attached hydrogens (primary N) is 1. The van der Waals surface area contributed by atoms with Crippen molar-refractivity contribution in [2.45, 2.75) is 64.1 Å². The van der Waals surface area contributed by atoms with E-state index in [2.05, 4.69) is 5.32 Å².